The number of rotatable bonds is 18. The molecule has 0 fully saturated rings. The highest BCUT2D eigenvalue weighted by Gasteiger charge is 2.33. The minimum atomic E-state index is -0.991. The van der Waals surface area contributed by atoms with Gasteiger partial charge in [0.1, 0.15) is 5.00 Å². The van der Waals surface area contributed by atoms with Crippen LogP contribution >= 0.6 is 11.3 Å². The molecule has 2 amide bonds. The smallest absolute Gasteiger partial charge is 0.303 e. The number of carboxylic acids is 1. The minimum Gasteiger partial charge on any atom is -0.481 e. The summed E-state index contributed by atoms with van der Waals surface area (Å²) < 4.78 is 1.76. The number of nitrogens with one attached hydrogen (secondary N) is 1. The van der Waals surface area contributed by atoms with E-state index in [9.17, 15) is 19.2 Å². The maximum Gasteiger partial charge on any atom is 0.303 e. The standard InChI is InChI=1S/C43H52N6O5S/c1-6-34(7-2)48(22-21-47(5)37(50)15-16-38(51)52)27-31-9-8-10-32(23-31)41(54)46-42-39(35-17-19-43(3,4)24-36(35)55-42)40(53)33-26-45-49(28-33)20-18-29-11-13-30(25-44)14-12-29/h8-14,23,26,28,34H,6-7,15-22,24,27H2,1-5H3,(H,46,54)(H,51,52). The molecule has 5 rings (SSSR count). The Morgan fingerprint density at radius 1 is 1.04 bits per heavy atom. The van der Waals surface area contributed by atoms with Gasteiger partial charge in [0.15, 0.2) is 5.78 Å². The lowest BCUT2D eigenvalue weighted by molar-refractivity contribution is -0.140. The molecule has 0 unspecified atom stereocenters. The Kier molecular flexibility index (Phi) is 13.8. The van der Waals surface area contributed by atoms with E-state index in [1.165, 1.54) is 11.3 Å². The second-order valence-corrected chi connectivity index (χ2v) is 16.3. The molecule has 0 saturated carbocycles. The lowest BCUT2D eigenvalue weighted by Gasteiger charge is -2.32. The number of nitriles is 1. The number of fused-ring (bicyclic) bond motifs is 1. The van der Waals surface area contributed by atoms with Crippen LogP contribution in [0, 0.1) is 16.7 Å². The van der Waals surface area contributed by atoms with Gasteiger partial charge in [0.05, 0.1) is 35.4 Å². The highest BCUT2D eigenvalue weighted by atomic mass is 32.1. The summed E-state index contributed by atoms with van der Waals surface area (Å²) in [7, 11) is 1.70. The van der Waals surface area contributed by atoms with Crippen molar-refractivity contribution in [2.24, 2.45) is 5.41 Å². The van der Waals surface area contributed by atoms with Crippen LogP contribution in [-0.2, 0) is 41.9 Å². The van der Waals surface area contributed by atoms with Crippen molar-refractivity contribution < 1.29 is 24.3 Å². The van der Waals surface area contributed by atoms with Crippen molar-refractivity contribution in [3.63, 3.8) is 0 Å². The van der Waals surface area contributed by atoms with Crippen LogP contribution in [0.15, 0.2) is 60.9 Å². The van der Waals surface area contributed by atoms with Crippen LogP contribution in [0.25, 0.3) is 0 Å². The molecule has 0 saturated heterocycles. The summed E-state index contributed by atoms with van der Waals surface area (Å²) in [6, 6.07) is 17.4. The van der Waals surface area contributed by atoms with Crippen LogP contribution in [0.2, 0.25) is 0 Å². The topological polar surface area (TPSA) is 149 Å². The van der Waals surface area contributed by atoms with Crippen molar-refractivity contribution in [1.82, 2.24) is 19.6 Å². The molecule has 0 atom stereocenters. The first-order valence-electron chi connectivity index (χ1n) is 19.1. The number of amides is 2. The molecule has 1 aliphatic rings. The predicted octanol–water partition coefficient (Wildman–Crippen LogP) is 7.37. The number of carbonyl (C=O) groups excluding carboxylic acids is 3. The number of hydrogen-bond acceptors (Lipinski definition) is 8. The molecule has 2 aromatic heterocycles. The average Bonchev–Trinajstić information content (AvgIpc) is 3.79. The third kappa shape index (κ3) is 10.8. The van der Waals surface area contributed by atoms with E-state index in [2.05, 4.69) is 49.1 Å². The van der Waals surface area contributed by atoms with Crippen LogP contribution in [0.3, 0.4) is 0 Å². The van der Waals surface area contributed by atoms with Crippen molar-refractivity contribution in [3.05, 3.63) is 105 Å². The van der Waals surface area contributed by atoms with E-state index in [0.717, 1.165) is 53.7 Å². The summed E-state index contributed by atoms with van der Waals surface area (Å²) in [6.45, 7) is 11.0. The summed E-state index contributed by atoms with van der Waals surface area (Å²) in [5.74, 6) is -1.63. The second kappa shape index (κ2) is 18.5. The minimum absolute atomic E-state index is 0.0308. The van der Waals surface area contributed by atoms with Gasteiger partial charge >= 0.3 is 5.97 Å². The molecule has 0 aliphatic heterocycles. The summed E-state index contributed by atoms with van der Waals surface area (Å²) in [4.78, 5) is 56.7. The van der Waals surface area contributed by atoms with Gasteiger partial charge in [-0.05, 0) is 84.9 Å². The van der Waals surface area contributed by atoms with Gasteiger partial charge in [-0.1, -0.05) is 52.0 Å². The monoisotopic (exact) mass is 764 g/mol. The van der Waals surface area contributed by atoms with E-state index in [1.54, 1.807) is 47.2 Å². The fourth-order valence-electron chi connectivity index (χ4n) is 7.20. The number of ketones is 1. The van der Waals surface area contributed by atoms with E-state index < -0.39 is 5.97 Å². The molecule has 0 bridgehead atoms. The Hall–Kier alpha value is -5.12. The van der Waals surface area contributed by atoms with Crippen molar-refractivity contribution in [2.75, 3.05) is 25.5 Å². The zero-order chi connectivity index (χ0) is 39.7. The van der Waals surface area contributed by atoms with E-state index >= 15 is 0 Å². The first-order valence-corrected chi connectivity index (χ1v) is 19.9. The first-order chi connectivity index (χ1) is 26.3. The normalized spacial score (nSPS) is 13.3. The third-order valence-corrected chi connectivity index (χ3v) is 11.7. The molecule has 4 aromatic rings. The summed E-state index contributed by atoms with van der Waals surface area (Å²) >= 11 is 1.49. The van der Waals surface area contributed by atoms with E-state index in [-0.39, 0.29) is 41.9 Å². The Morgan fingerprint density at radius 3 is 2.47 bits per heavy atom. The molecular weight excluding hydrogens is 713 g/mol. The third-order valence-electron chi connectivity index (χ3n) is 10.6. The number of likely N-dealkylation sites (N-methyl/N-ethyl adjacent to an activating group) is 1. The summed E-state index contributed by atoms with van der Waals surface area (Å²) in [5, 5.41) is 26.2. The SMILES string of the molecule is CCC(CC)N(CCN(C)C(=O)CCC(=O)O)Cc1cccc(C(=O)Nc2sc3c(c2C(=O)c2cnn(CCc4ccc(C#N)cc4)c2)CCC(C)(C)C3)c1. The van der Waals surface area contributed by atoms with Crippen molar-refractivity contribution in [2.45, 2.75) is 98.2 Å². The van der Waals surface area contributed by atoms with E-state index in [0.29, 0.717) is 59.9 Å². The first kappa shape index (κ1) is 41.1. The van der Waals surface area contributed by atoms with Gasteiger partial charge in [-0.15, -0.1) is 11.3 Å². The van der Waals surface area contributed by atoms with Gasteiger partial charge in [0.25, 0.3) is 5.91 Å². The number of thiophene rings is 1. The van der Waals surface area contributed by atoms with Crippen molar-refractivity contribution in [3.8, 4) is 6.07 Å². The Morgan fingerprint density at radius 2 is 1.78 bits per heavy atom. The predicted molar refractivity (Wildman–Crippen MR) is 214 cm³/mol. The van der Waals surface area contributed by atoms with Gasteiger partial charge < -0.3 is 15.3 Å². The molecule has 55 heavy (non-hydrogen) atoms. The van der Waals surface area contributed by atoms with E-state index in [1.807, 2.05) is 30.3 Å². The molecule has 12 heteroatoms. The quantitative estimate of drug-likeness (QED) is 0.0999. The number of nitrogens with zero attached hydrogens (tertiary/aromatic N) is 5. The number of hydrogen-bond donors (Lipinski definition) is 2. The fourth-order valence-corrected chi connectivity index (χ4v) is 8.69. The number of aromatic nitrogens is 2. The molecule has 0 radical (unpaired) electrons. The van der Waals surface area contributed by atoms with Crippen LogP contribution in [-0.4, -0.2) is 74.4 Å². The van der Waals surface area contributed by atoms with Gasteiger partial charge in [0.2, 0.25) is 5.91 Å². The summed E-state index contributed by atoms with van der Waals surface area (Å²) in [6.07, 6.45) is 8.20. The van der Waals surface area contributed by atoms with Crippen LogP contribution in [0.1, 0.15) is 113 Å². The maximum absolute atomic E-state index is 14.3. The molecule has 1 aliphatic carbocycles. The van der Waals surface area contributed by atoms with Crippen molar-refractivity contribution >= 4 is 39.9 Å². The molecular formula is C43H52N6O5S. The number of aryl methyl sites for hydroxylation is 2. The number of benzene rings is 2. The highest BCUT2D eigenvalue weighted by Crippen LogP contribution is 2.44. The maximum atomic E-state index is 14.3. The summed E-state index contributed by atoms with van der Waals surface area (Å²) in [5.41, 5.74) is 5.25. The van der Waals surface area contributed by atoms with Crippen molar-refractivity contribution in [1.29, 1.82) is 5.26 Å². The lowest BCUT2D eigenvalue weighted by atomic mass is 9.76. The Balaban J connectivity index is 1.33. The zero-order valence-corrected chi connectivity index (χ0v) is 33.4. The van der Waals surface area contributed by atoms with Crippen LogP contribution in [0.4, 0.5) is 5.00 Å². The number of aliphatic carboxylic acids is 1. The molecule has 11 nitrogen and oxygen atoms in total. The molecule has 2 heterocycles. The molecule has 2 N–H and O–H groups in total. The largest absolute Gasteiger partial charge is 0.481 e. The average molecular weight is 765 g/mol. The number of carboxylic acid groups (broad SMARTS) is 1. The van der Waals surface area contributed by atoms with Gasteiger partial charge in [0, 0.05) is 62.3 Å². The highest BCUT2D eigenvalue weighted by molar-refractivity contribution is 7.17. The fraction of sp³-hybridized carbons (Fsp3) is 0.442. The Bertz CT molecular complexity index is 2040. The lowest BCUT2D eigenvalue weighted by Crippen LogP contribution is -2.41. The van der Waals surface area contributed by atoms with Gasteiger partial charge in [-0.3, -0.25) is 28.8 Å². The van der Waals surface area contributed by atoms with Crippen LogP contribution < -0.4 is 5.32 Å². The Labute approximate surface area is 328 Å². The second-order valence-electron chi connectivity index (χ2n) is 15.2. The van der Waals surface area contributed by atoms with E-state index in [4.69, 9.17) is 10.4 Å². The van der Waals surface area contributed by atoms with Crippen LogP contribution in [0.5, 0.6) is 0 Å². The molecule has 290 valence electrons. The van der Waals surface area contributed by atoms with Gasteiger partial charge in [-0.25, -0.2) is 0 Å². The molecule has 0 spiro atoms. The number of carbonyl (C=O) groups is 4. The van der Waals surface area contributed by atoms with Gasteiger partial charge in [-0.2, -0.15) is 10.4 Å². The zero-order valence-electron chi connectivity index (χ0n) is 32.6. The molecule has 2 aromatic carbocycles. The number of anilines is 1.